The SMILES string of the molecule is c1ccc(-c2nc3c(cc(N(c4ccccc4)c4ccc(-c5ccc6ccccc6c5)cc4)c4ccccc43)o2)cc1. The second kappa shape index (κ2) is 10.1. The number of rotatable bonds is 5. The molecule has 3 nitrogen and oxygen atoms in total. The van der Waals surface area contributed by atoms with Gasteiger partial charge in [-0.15, -0.1) is 0 Å². The number of oxazole rings is 1. The van der Waals surface area contributed by atoms with Gasteiger partial charge >= 0.3 is 0 Å². The largest absolute Gasteiger partial charge is 0.436 e. The van der Waals surface area contributed by atoms with Gasteiger partial charge in [0, 0.05) is 33.8 Å². The van der Waals surface area contributed by atoms with Crippen molar-refractivity contribution in [3.05, 3.63) is 158 Å². The normalized spacial score (nSPS) is 11.3. The Morgan fingerprint density at radius 2 is 1.07 bits per heavy atom. The Hall–Kier alpha value is -5.67. The third-order valence-electron chi connectivity index (χ3n) is 7.86. The molecule has 3 heteroatoms. The van der Waals surface area contributed by atoms with Crippen molar-refractivity contribution in [1.29, 1.82) is 0 Å². The van der Waals surface area contributed by atoms with Crippen molar-refractivity contribution in [1.82, 2.24) is 4.98 Å². The Bertz CT molecular complexity index is 2180. The Morgan fingerprint density at radius 1 is 0.452 bits per heavy atom. The van der Waals surface area contributed by atoms with E-state index in [1.54, 1.807) is 0 Å². The standard InChI is InChI=1S/C39H26N2O/c1-3-12-29(13-4-1)39-40-38-35-18-10-9-17-34(35)36(26-37(38)42-39)41(32-15-5-2-6-16-32)33-23-21-28(22-24-33)31-20-19-27-11-7-8-14-30(27)25-31/h1-26H. The molecule has 1 aromatic heterocycles. The molecule has 0 N–H and O–H groups in total. The van der Waals surface area contributed by atoms with Crippen molar-refractivity contribution in [2.45, 2.75) is 0 Å². The number of fused-ring (bicyclic) bond motifs is 4. The van der Waals surface area contributed by atoms with E-state index in [0.29, 0.717) is 5.89 Å². The lowest BCUT2D eigenvalue weighted by molar-refractivity contribution is 0.620. The first-order chi connectivity index (χ1) is 20.8. The highest BCUT2D eigenvalue weighted by atomic mass is 16.3. The van der Waals surface area contributed by atoms with E-state index in [1.165, 1.54) is 21.9 Å². The van der Waals surface area contributed by atoms with Crippen LogP contribution in [0, 0.1) is 0 Å². The van der Waals surface area contributed by atoms with Crippen LogP contribution in [0.4, 0.5) is 17.1 Å². The molecular formula is C39H26N2O. The highest BCUT2D eigenvalue weighted by molar-refractivity contribution is 6.12. The van der Waals surface area contributed by atoms with Crippen LogP contribution in [0.3, 0.4) is 0 Å². The molecule has 0 fully saturated rings. The minimum Gasteiger partial charge on any atom is -0.436 e. The summed E-state index contributed by atoms with van der Waals surface area (Å²) in [5.41, 5.74) is 8.15. The number of hydrogen-bond acceptors (Lipinski definition) is 3. The fraction of sp³-hybridized carbons (Fsp3) is 0. The summed E-state index contributed by atoms with van der Waals surface area (Å²) >= 11 is 0. The van der Waals surface area contributed by atoms with Crippen LogP contribution in [0.25, 0.3) is 55.2 Å². The fourth-order valence-corrected chi connectivity index (χ4v) is 5.80. The van der Waals surface area contributed by atoms with Gasteiger partial charge in [0.1, 0.15) is 5.52 Å². The molecule has 0 saturated carbocycles. The van der Waals surface area contributed by atoms with E-state index in [0.717, 1.165) is 44.5 Å². The van der Waals surface area contributed by atoms with Gasteiger partial charge in [-0.1, -0.05) is 109 Å². The number of benzene rings is 7. The summed E-state index contributed by atoms with van der Waals surface area (Å²) < 4.78 is 6.40. The van der Waals surface area contributed by atoms with E-state index in [-0.39, 0.29) is 0 Å². The van der Waals surface area contributed by atoms with Crippen LogP contribution in [-0.2, 0) is 0 Å². The molecule has 8 aromatic rings. The Kier molecular flexibility index (Phi) is 5.79. The molecule has 0 radical (unpaired) electrons. The smallest absolute Gasteiger partial charge is 0.227 e. The fourth-order valence-electron chi connectivity index (χ4n) is 5.80. The van der Waals surface area contributed by atoms with Gasteiger partial charge < -0.3 is 9.32 Å². The zero-order chi connectivity index (χ0) is 27.9. The quantitative estimate of drug-likeness (QED) is 0.218. The third-order valence-corrected chi connectivity index (χ3v) is 7.86. The molecule has 198 valence electrons. The van der Waals surface area contributed by atoms with Crippen molar-refractivity contribution < 1.29 is 4.42 Å². The van der Waals surface area contributed by atoms with E-state index in [4.69, 9.17) is 9.40 Å². The van der Waals surface area contributed by atoms with Crippen LogP contribution in [0.1, 0.15) is 0 Å². The van der Waals surface area contributed by atoms with Gasteiger partial charge in [0.25, 0.3) is 0 Å². The summed E-state index contributed by atoms with van der Waals surface area (Å²) in [7, 11) is 0. The zero-order valence-electron chi connectivity index (χ0n) is 22.8. The number of para-hydroxylation sites is 1. The average molecular weight is 539 g/mol. The second-order valence-electron chi connectivity index (χ2n) is 10.5. The zero-order valence-corrected chi connectivity index (χ0v) is 22.8. The maximum Gasteiger partial charge on any atom is 0.227 e. The predicted octanol–water partition coefficient (Wildman–Crippen LogP) is 10.9. The average Bonchev–Trinajstić information content (AvgIpc) is 3.51. The highest BCUT2D eigenvalue weighted by Gasteiger charge is 2.20. The number of aromatic nitrogens is 1. The lowest BCUT2D eigenvalue weighted by atomic mass is 10.0. The molecule has 42 heavy (non-hydrogen) atoms. The van der Waals surface area contributed by atoms with Crippen molar-refractivity contribution in [3.63, 3.8) is 0 Å². The molecule has 0 bridgehead atoms. The summed E-state index contributed by atoms with van der Waals surface area (Å²) in [4.78, 5) is 7.24. The van der Waals surface area contributed by atoms with Gasteiger partial charge in [0.05, 0.1) is 5.69 Å². The van der Waals surface area contributed by atoms with E-state index in [2.05, 4.69) is 126 Å². The first-order valence-electron chi connectivity index (χ1n) is 14.1. The topological polar surface area (TPSA) is 29.3 Å². The number of hydrogen-bond donors (Lipinski definition) is 0. The summed E-state index contributed by atoms with van der Waals surface area (Å²) in [6, 6.07) is 55.1. The highest BCUT2D eigenvalue weighted by Crippen LogP contribution is 2.43. The summed E-state index contributed by atoms with van der Waals surface area (Å²) in [5.74, 6) is 0.624. The summed E-state index contributed by atoms with van der Waals surface area (Å²) in [6.07, 6.45) is 0. The van der Waals surface area contributed by atoms with Gasteiger partial charge in [-0.25, -0.2) is 4.98 Å². The van der Waals surface area contributed by atoms with Gasteiger partial charge in [0.15, 0.2) is 5.58 Å². The molecule has 0 aliphatic carbocycles. The van der Waals surface area contributed by atoms with Gasteiger partial charge in [0.2, 0.25) is 5.89 Å². The van der Waals surface area contributed by atoms with E-state index in [9.17, 15) is 0 Å². The molecule has 7 aromatic carbocycles. The molecule has 1 heterocycles. The molecule has 0 aliphatic rings. The molecule has 0 spiro atoms. The van der Waals surface area contributed by atoms with Crippen molar-refractivity contribution in [3.8, 4) is 22.6 Å². The lowest BCUT2D eigenvalue weighted by Gasteiger charge is -2.27. The Labute approximate surface area is 243 Å². The predicted molar refractivity (Wildman–Crippen MR) is 175 cm³/mol. The lowest BCUT2D eigenvalue weighted by Crippen LogP contribution is -2.10. The molecular weight excluding hydrogens is 512 g/mol. The molecule has 0 saturated heterocycles. The first-order valence-corrected chi connectivity index (χ1v) is 14.1. The maximum atomic E-state index is 6.40. The van der Waals surface area contributed by atoms with E-state index >= 15 is 0 Å². The number of nitrogens with zero attached hydrogens (tertiary/aromatic N) is 2. The van der Waals surface area contributed by atoms with Crippen LogP contribution < -0.4 is 4.90 Å². The Morgan fingerprint density at radius 3 is 1.86 bits per heavy atom. The van der Waals surface area contributed by atoms with Gasteiger partial charge in [-0.3, -0.25) is 0 Å². The van der Waals surface area contributed by atoms with Crippen molar-refractivity contribution >= 4 is 49.7 Å². The molecule has 0 unspecified atom stereocenters. The summed E-state index contributed by atoms with van der Waals surface area (Å²) in [5, 5.41) is 4.66. The minimum absolute atomic E-state index is 0.624. The van der Waals surface area contributed by atoms with Crippen LogP contribution in [-0.4, -0.2) is 4.98 Å². The molecule has 0 atom stereocenters. The first kappa shape index (κ1) is 24.2. The van der Waals surface area contributed by atoms with Crippen LogP contribution in [0.2, 0.25) is 0 Å². The third kappa shape index (κ3) is 4.20. The minimum atomic E-state index is 0.624. The number of anilines is 3. The van der Waals surface area contributed by atoms with Crippen LogP contribution in [0.15, 0.2) is 162 Å². The monoisotopic (exact) mass is 538 g/mol. The van der Waals surface area contributed by atoms with Crippen molar-refractivity contribution in [2.24, 2.45) is 0 Å². The maximum absolute atomic E-state index is 6.40. The second-order valence-corrected chi connectivity index (χ2v) is 10.5. The van der Waals surface area contributed by atoms with Crippen LogP contribution in [0.5, 0.6) is 0 Å². The van der Waals surface area contributed by atoms with Crippen LogP contribution >= 0.6 is 0 Å². The summed E-state index contributed by atoms with van der Waals surface area (Å²) in [6.45, 7) is 0. The van der Waals surface area contributed by atoms with Gasteiger partial charge in [-0.05, 0) is 64.4 Å². The Balaban J connectivity index is 1.29. The molecule has 0 aliphatic heterocycles. The van der Waals surface area contributed by atoms with Crippen molar-refractivity contribution in [2.75, 3.05) is 4.90 Å². The molecule has 0 amide bonds. The molecule has 8 rings (SSSR count). The van der Waals surface area contributed by atoms with E-state index in [1.807, 2.05) is 36.4 Å². The van der Waals surface area contributed by atoms with Gasteiger partial charge in [-0.2, -0.15) is 0 Å². The van der Waals surface area contributed by atoms with E-state index < -0.39 is 0 Å².